The van der Waals surface area contributed by atoms with Gasteiger partial charge in [-0.25, -0.2) is 0 Å². The number of fused-ring (bicyclic) bond motifs is 2. The molecule has 5 heteroatoms. The molecule has 4 rings (SSSR count). The van der Waals surface area contributed by atoms with E-state index in [1.807, 2.05) is 0 Å². The molecule has 1 aliphatic carbocycles. The first-order valence-electron chi connectivity index (χ1n) is 6.95. The molecule has 2 aromatic rings. The highest BCUT2D eigenvalue weighted by atomic mass is 16.6. The minimum absolute atomic E-state index is 0.0120. The smallest absolute Gasteiger partial charge is 0.198 e. The topological polar surface area (TPSA) is 76.1 Å². The maximum atomic E-state index is 12.7. The number of phenols is 1. The van der Waals surface area contributed by atoms with Crippen molar-refractivity contribution < 1.29 is 24.2 Å². The lowest BCUT2D eigenvalue weighted by molar-refractivity contribution is 0.0972. The monoisotopic (exact) mass is 296 g/mol. The Morgan fingerprint density at radius 3 is 2.32 bits per heavy atom. The van der Waals surface area contributed by atoms with Gasteiger partial charge in [0.2, 0.25) is 0 Å². The van der Waals surface area contributed by atoms with Gasteiger partial charge in [-0.15, -0.1) is 0 Å². The second-order valence-corrected chi connectivity index (χ2v) is 5.30. The zero-order valence-electron chi connectivity index (χ0n) is 11.5. The highest BCUT2D eigenvalue weighted by Gasteiger charge is 2.35. The minimum Gasteiger partial charge on any atom is -0.507 e. The fourth-order valence-corrected chi connectivity index (χ4v) is 2.64. The Balaban J connectivity index is 1.86. The van der Waals surface area contributed by atoms with E-state index in [1.165, 1.54) is 12.1 Å². The van der Waals surface area contributed by atoms with Crippen molar-refractivity contribution in [2.24, 2.45) is 0 Å². The summed E-state index contributed by atoms with van der Waals surface area (Å²) in [5.41, 5.74) is 0.776. The Bertz CT molecular complexity index is 805. The van der Waals surface area contributed by atoms with Crippen molar-refractivity contribution in [2.75, 3.05) is 13.2 Å². The Kier molecular flexibility index (Phi) is 2.77. The zero-order valence-corrected chi connectivity index (χ0v) is 11.5. The largest absolute Gasteiger partial charge is 0.507 e. The van der Waals surface area contributed by atoms with Gasteiger partial charge in [0.15, 0.2) is 11.6 Å². The second-order valence-electron chi connectivity index (χ2n) is 5.30. The molecule has 1 N–H and O–H groups in total. The molecular weight excluding hydrogens is 284 g/mol. The number of epoxide rings is 1. The first kappa shape index (κ1) is 13.0. The number of hydrogen-bond donors (Lipinski definition) is 1. The first-order valence-corrected chi connectivity index (χ1v) is 6.95. The van der Waals surface area contributed by atoms with E-state index in [9.17, 15) is 14.7 Å². The van der Waals surface area contributed by atoms with Gasteiger partial charge in [-0.2, -0.15) is 0 Å². The van der Waals surface area contributed by atoms with Gasteiger partial charge in [0.25, 0.3) is 0 Å². The van der Waals surface area contributed by atoms with E-state index in [2.05, 4.69) is 0 Å². The summed E-state index contributed by atoms with van der Waals surface area (Å²) in [5, 5.41) is 10.0. The van der Waals surface area contributed by atoms with Gasteiger partial charge in [-0.3, -0.25) is 9.59 Å². The number of carbonyl (C=O) groups is 2. The van der Waals surface area contributed by atoms with Gasteiger partial charge >= 0.3 is 0 Å². The number of ketones is 2. The summed E-state index contributed by atoms with van der Waals surface area (Å²) in [6.45, 7) is 0.955. The van der Waals surface area contributed by atoms with Crippen LogP contribution in [0.3, 0.4) is 0 Å². The van der Waals surface area contributed by atoms with Crippen molar-refractivity contribution in [3.8, 4) is 11.5 Å². The minimum atomic E-state index is -0.365. The molecule has 5 nitrogen and oxygen atoms in total. The van der Waals surface area contributed by atoms with Gasteiger partial charge < -0.3 is 14.6 Å². The highest BCUT2D eigenvalue weighted by Crippen LogP contribution is 2.38. The van der Waals surface area contributed by atoms with Crippen LogP contribution < -0.4 is 4.74 Å². The average Bonchev–Trinajstić information content (AvgIpc) is 3.35. The number of benzene rings is 2. The molecule has 2 aromatic carbocycles. The van der Waals surface area contributed by atoms with Crippen molar-refractivity contribution in [3.05, 3.63) is 58.7 Å². The first-order chi connectivity index (χ1) is 10.7. The third-order valence-corrected chi connectivity index (χ3v) is 3.84. The van der Waals surface area contributed by atoms with Crippen LogP contribution in [0, 0.1) is 0 Å². The van der Waals surface area contributed by atoms with Crippen LogP contribution in [0.5, 0.6) is 11.5 Å². The molecular formula is C17H12O5. The predicted molar refractivity (Wildman–Crippen MR) is 76.6 cm³/mol. The van der Waals surface area contributed by atoms with E-state index in [1.54, 1.807) is 24.3 Å². The molecule has 1 saturated heterocycles. The third kappa shape index (κ3) is 1.90. The Morgan fingerprint density at radius 1 is 1.05 bits per heavy atom. The predicted octanol–water partition coefficient (Wildman–Crippen LogP) is 1.95. The quantitative estimate of drug-likeness (QED) is 0.748. The summed E-state index contributed by atoms with van der Waals surface area (Å²) in [5.74, 6) is -0.585. The van der Waals surface area contributed by atoms with Crippen molar-refractivity contribution in [1.82, 2.24) is 0 Å². The molecule has 0 radical (unpaired) electrons. The third-order valence-electron chi connectivity index (χ3n) is 3.84. The van der Waals surface area contributed by atoms with Gasteiger partial charge in [0.1, 0.15) is 24.2 Å². The van der Waals surface area contributed by atoms with E-state index >= 15 is 0 Å². The van der Waals surface area contributed by atoms with Crippen molar-refractivity contribution in [1.29, 1.82) is 0 Å². The Morgan fingerprint density at radius 2 is 1.68 bits per heavy atom. The molecule has 2 aliphatic rings. The summed E-state index contributed by atoms with van der Waals surface area (Å²) in [6, 6.07) is 9.48. The maximum Gasteiger partial charge on any atom is 0.198 e. The standard InChI is InChI=1S/C17H12O5/c18-12-5-6-13(22-8-9-7-21-9)15-14(12)16(19)10-3-1-2-4-11(10)17(15)20/h1-6,9,18H,7-8H2. The van der Waals surface area contributed by atoms with Crippen LogP contribution in [0.2, 0.25) is 0 Å². The van der Waals surface area contributed by atoms with Gasteiger partial charge in [0, 0.05) is 11.1 Å². The molecule has 110 valence electrons. The Hall–Kier alpha value is -2.66. The fourth-order valence-electron chi connectivity index (χ4n) is 2.64. The van der Waals surface area contributed by atoms with Crippen LogP contribution in [0.25, 0.3) is 0 Å². The molecule has 1 heterocycles. The van der Waals surface area contributed by atoms with Crippen molar-refractivity contribution in [2.45, 2.75) is 6.10 Å². The summed E-state index contributed by atoms with van der Waals surface area (Å²) in [6.07, 6.45) is 0.0335. The summed E-state index contributed by atoms with van der Waals surface area (Å²) in [4.78, 5) is 25.3. The lowest BCUT2D eigenvalue weighted by Gasteiger charge is -2.20. The van der Waals surface area contributed by atoms with E-state index in [-0.39, 0.29) is 34.5 Å². The molecule has 1 fully saturated rings. The van der Waals surface area contributed by atoms with Crippen LogP contribution in [-0.4, -0.2) is 36.0 Å². The molecule has 1 atom stereocenters. The Labute approximate surface area is 126 Å². The van der Waals surface area contributed by atoms with Crippen molar-refractivity contribution in [3.63, 3.8) is 0 Å². The molecule has 0 aromatic heterocycles. The van der Waals surface area contributed by atoms with Gasteiger partial charge in [-0.1, -0.05) is 24.3 Å². The summed E-state index contributed by atoms with van der Waals surface area (Å²) < 4.78 is 10.7. The number of aromatic hydroxyl groups is 1. The fraction of sp³-hybridized carbons (Fsp3) is 0.176. The normalized spacial score (nSPS) is 18.6. The van der Waals surface area contributed by atoms with E-state index in [0.717, 1.165) is 0 Å². The van der Waals surface area contributed by atoms with Crippen LogP contribution in [0.4, 0.5) is 0 Å². The molecule has 22 heavy (non-hydrogen) atoms. The lowest BCUT2D eigenvalue weighted by atomic mass is 9.83. The number of ether oxygens (including phenoxy) is 2. The zero-order chi connectivity index (χ0) is 15.3. The van der Waals surface area contributed by atoms with Crippen LogP contribution >= 0.6 is 0 Å². The van der Waals surface area contributed by atoms with E-state index < -0.39 is 0 Å². The molecule has 0 amide bonds. The second kappa shape index (κ2) is 4.68. The lowest BCUT2D eigenvalue weighted by Crippen LogP contribution is -2.22. The highest BCUT2D eigenvalue weighted by molar-refractivity contribution is 6.30. The number of rotatable bonds is 3. The number of hydrogen-bond acceptors (Lipinski definition) is 5. The van der Waals surface area contributed by atoms with E-state index in [4.69, 9.17) is 9.47 Å². The SMILES string of the molecule is O=C1c2ccccc2C(=O)c2c(OCC3CO3)ccc(O)c21. The average molecular weight is 296 g/mol. The van der Waals surface area contributed by atoms with Crippen LogP contribution in [0.15, 0.2) is 36.4 Å². The molecule has 0 bridgehead atoms. The molecule has 0 spiro atoms. The molecule has 1 unspecified atom stereocenters. The number of carbonyl (C=O) groups excluding carboxylic acids is 2. The maximum absolute atomic E-state index is 12.7. The summed E-state index contributed by atoms with van der Waals surface area (Å²) in [7, 11) is 0. The van der Waals surface area contributed by atoms with Crippen LogP contribution in [0.1, 0.15) is 31.8 Å². The van der Waals surface area contributed by atoms with Gasteiger partial charge in [-0.05, 0) is 12.1 Å². The molecule has 1 aliphatic heterocycles. The van der Waals surface area contributed by atoms with Gasteiger partial charge in [0.05, 0.1) is 17.7 Å². The molecule has 0 saturated carbocycles. The summed E-state index contributed by atoms with van der Waals surface area (Å²) >= 11 is 0. The number of phenolic OH excluding ortho intramolecular Hbond substituents is 1. The van der Waals surface area contributed by atoms with E-state index in [0.29, 0.717) is 30.1 Å². The van der Waals surface area contributed by atoms with Crippen molar-refractivity contribution >= 4 is 11.6 Å². The van der Waals surface area contributed by atoms with Crippen LogP contribution in [-0.2, 0) is 4.74 Å².